The monoisotopic (exact) mass is 287 g/mol. The van der Waals surface area contributed by atoms with Gasteiger partial charge in [0.1, 0.15) is 0 Å². The van der Waals surface area contributed by atoms with Crippen LogP contribution in [0.4, 0.5) is 0 Å². The zero-order valence-corrected chi connectivity index (χ0v) is 10.7. The Kier molecular flexibility index (Phi) is 2.04. The lowest BCUT2D eigenvalue weighted by atomic mass is 9.90. The molecular formula is C13H9N3O5. The Hall–Kier alpha value is -2.90. The molecule has 1 amide bonds. The fourth-order valence-electron chi connectivity index (χ4n) is 3.13. The molecular weight excluding hydrogens is 278 g/mol. The van der Waals surface area contributed by atoms with Crippen LogP contribution >= 0.6 is 0 Å². The standard InChI is InChI=1S/C13H9N3O5/c17-11-7-3-1-2-4-8(7)13(21-11)9(16(19)20)10-14-5-6-15(10)12(13)18/h1-4,14H,5-6H2. The molecule has 1 fully saturated rings. The number of carbonyl (C=O) groups excluding carboxylic acids is 2. The quantitative estimate of drug-likeness (QED) is 0.441. The molecule has 3 heterocycles. The average molecular weight is 287 g/mol. The number of nitro groups is 1. The smallest absolute Gasteiger partial charge is 0.344 e. The van der Waals surface area contributed by atoms with Gasteiger partial charge < -0.3 is 10.1 Å². The molecule has 1 saturated heterocycles. The molecule has 0 bridgehead atoms. The van der Waals surface area contributed by atoms with Gasteiger partial charge in [-0.15, -0.1) is 0 Å². The highest BCUT2D eigenvalue weighted by Crippen LogP contribution is 2.49. The zero-order chi connectivity index (χ0) is 14.8. The third kappa shape index (κ3) is 1.20. The molecule has 1 aromatic rings. The van der Waals surface area contributed by atoms with Gasteiger partial charge in [0.2, 0.25) is 0 Å². The van der Waals surface area contributed by atoms with E-state index in [-0.39, 0.29) is 16.9 Å². The lowest BCUT2D eigenvalue weighted by Gasteiger charge is -2.20. The van der Waals surface area contributed by atoms with E-state index in [2.05, 4.69) is 5.32 Å². The van der Waals surface area contributed by atoms with Crippen molar-refractivity contribution in [2.24, 2.45) is 0 Å². The maximum Gasteiger partial charge on any atom is 0.344 e. The molecule has 1 unspecified atom stereocenters. The van der Waals surface area contributed by atoms with Crippen molar-refractivity contribution in [2.75, 3.05) is 13.1 Å². The van der Waals surface area contributed by atoms with Crippen molar-refractivity contribution in [1.82, 2.24) is 10.2 Å². The molecule has 1 atom stereocenters. The summed E-state index contributed by atoms with van der Waals surface area (Å²) in [5.74, 6) is -1.19. The second kappa shape index (κ2) is 3.60. The van der Waals surface area contributed by atoms with Crippen LogP contribution in [-0.4, -0.2) is 34.8 Å². The molecule has 1 N–H and O–H groups in total. The van der Waals surface area contributed by atoms with E-state index in [1.165, 1.54) is 17.0 Å². The minimum atomic E-state index is -1.96. The Bertz CT molecular complexity index is 756. The van der Waals surface area contributed by atoms with Crippen LogP contribution in [0.2, 0.25) is 0 Å². The Morgan fingerprint density at radius 2 is 2.10 bits per heavy atom. The van der Waals surface area contributed by atoms with Crippen molar-refractivity contribution in [3.05, 3.63) is 57.0 Å². The van der Waals surface area contributed by atoms with E-state index < -0.39 is 28.1 Å². The summed E-state index contributed by atoms with van der Waals surface area (Å²) in [6.45, 7) is 0.747. The molecule has 0 aliphatic carbocycles. The van der Waals surface area contributed by atoms with Crippen molar-refractivity contribution in [2.45, 2.75) is 5.60 Å². The van der Waals surface area contributed by atoms with Crippen molar-refractivity contribution in [3.63, 3.8) is 0 Å². The molecule has 0 radical (unpaired) electrons. The highest BCUT2D eigenvalue weighted by molar-refractivity contribution is 6.05. The second-order valence-electron chi connectivity index (χ2n) is 4.95. The summed E-state index contributed by atoms with van der Waals surface area (Å²) >= 11 is 0. The first-order valence-electron chi connectivity index (χ1n) is 6.35. The number of rotatable bonds is 1. The van der Waals surface area contributed by atoms with E-state index in [4.69, 9.17) is 4.74 Å². The van der Waals surface area contributed by atoms with Crippen molar-refractivity contribution in [3.8, 4) is 0 Å². The summed E-state index contributed by atoms with van der Waals surface area (Å²) in [6, 6.07) is 6.26. The maximum absolute atomic E-state index is 12.7. The first kappa shape index (κ1) is 11.9. The van der Waals surface area contributed by atoms with E-state index in [1.54, 1.807) is 12.1 Å². The molecule has 4 rings (SSSR count). The van der Waals surface area contributed by atoms with E-state index in [0.717, 1.165) is 0 Å². The Morgan fingerprint density at radius 3 is 2.86 bits per heavy atom. The van der Waals surface area contributed by atoms with Crippen LogP contribution in [0.1, 0.15) is 15.9 Å². The summed E-state index contributed by atoms with van der Waals surface area (Å²) in [5, 5.41) is 14.3. The number of nitrogens with one attached hydrogen (secondary N) is 1. The lowest BCUT2D eigenvalue weighted by Crippen LogP contribution is -2.42. The summed E-state index contributed by atoms with van der Waals surface area (Å²) in [5.41, 5.74) is -1.95. The van der Waals surface area contributed by atoms with Crippen molar-refractivity contribution < 1.29 is 19.2 Å². The number of hydrogen-bond donors (Lipinski definition) is 1. The van der Waals surface area contributed by atoms with E-state index in [9.17, 15) is 19.7 Å². The highest BCUT2D eigenvalue weighted by Gasteiger charge is 2.69. The topological polar surface area (TPSA) is 102 Å². The van der Waals surface area contributed by atoms with Crippen LogP contribution in [0, 0.1) is 10.1 Å². The normalized spacial score (nSPS) is 26.0. The molecule has 0 saturated carbocycles. The zero-order valence-electron chi connectivity index (χ0n) is 10.7. The molecule has 0 aromatic heterocycles. The largest absolute Gasteiger partial charge is 0.428 e. The Labute approximate surface area is 118 Å². The fraction of sp³-hybridized carbons (Fsp3) is 0.231. The lowest BCUT2D eigenvalue weighted by molar-refractivity contribution is -0.441. The first-order chi connectivity index (χ1) is 10.1. The van der Waals surface area contributed by atoms with E-state index >= 15 is 0 Å². The summed E-state index contributed by atoms with van der Waals surface area (Å²) < 4.78 is 5.23. The number of ether oxygens (including phenoxy) is 1. The molecule has 1 spiro atoms. The summed E-state index contributed by atoms with van der Waals surface area (Å²) in [7, 11) is 0. The molecule has 8 nitrogen and oxygen atoms in total. The van der Waals surface area contributed by atoms with Gasteiger partial charge in [-0.05, 0) is 6.07 Å². The Balaban J connectivity index is 2.04. The molecule has 3 aliphatic heterocycles. The van der Waals surface area contributed by atoms with Gasteiger partial charge in [0.15, 0.2) is 5.82 Å². The van der Waals surface area contributed by atoms with Crippen LogP contribution in [0.25, 0.3) is 0 Å². The minimum Gasteiger partial charge on any atom is -0.428 e. The van der Waals surface area contributed by atoms with Gasteiger partial charge in [-0.3, -0.25) is 19.8 Å². The predicted molar refractivity (Wildman–Crippen MR) is 67.3 cm³/mol. The van der Waals surface area contributed by atoms with Crippen LogP contribution in [0.5, 0.6) is 0 Å². The van der Waals surface area contributed by atoms with Gasteiger partial charge in [0, 0.05) is 18.7 Å². The van der Waals surface area contributed by atoms with Crippen molar-refractivity contribution in [1.29, 1.82) is 0 Å². The highest BCUT2D eigenvalue weighted by atomic mass is 16.6. The van der Waals surface area contributed by atoms with Crippen LogP contribution in [0.15, 0.2) is 35.8 Å². The Morgan fingerprint density at radius 1 is 1.33 bits per heavy atom. The van der Waals surface area contributed by atoms with E-state index in [1.807, 2.05) is 0 Å². The first-order valence-corrected chi connectivity index (χ1v) is 6.35. The average Bonchev–Trinajstić information content (AvgIpc) is 3.09. The third-order valence-corrected chi connectivity index (χ3v) is 3.96. The van der Waals surface area contributed by atoms with E-state index in [0.29, 0.717) is 13.1 Å². The third-order valence-electron chi connectivity index (χ3n) is 3.96. The second-order valence-corrected chi connectivity index (χ2v) is 4.95. The van der Waals surface area contributed by atoms with Gasteiger partial charge in [-0.25, -0.2) is 4.79 Å². The molecule has 21 heavy (non-hydrogen) atoms. The van der Waals surface area contributed by atoms with Gasteiger partial charge >= 0.3 is 17.3 Å². The maximum atomic E-state index is 12.7. The van der Waals surface area contributed by atoms with Crippen molar-refractivity contribution >= 4 is 11.9 Å². The number of fused-ring (bicyclic) bond motifs is 3. The number of benzene rings is 1. The SMILES string of the molecule is O=C1OC2(C(=O)N3CCNC3=C2[N+](=O)[O-])c2ccccc21. The van der Waals surface area contributed by atoms with Crippen LogP contribution < -0.4 is 5.32 Å². The summed E-state index contributed by atoms with van der Waals surface area (Å²) in [6.07, 6.45) is 0. The van der Waals surface area contributed by atoms with Gasteiger partial charge in [-0.1, -0.05) is 18.2 Å². The number of carbonyl (C=O) groups is 2. The van der Waals surface area contributed by atoms with Gasteiger partial charge in [0.25, 0.3) is 5.91 Å². The minimum absolute atomic E-state index is 0.120. The number of amides is 1. The number of esters is 1. The predicted octanol–water partition coefficient (Wildman–Crippen LogP) is -0.0565. The van der Waals surface area contributed by atoms with Crippen LogP contribution in [-0.2, 0) is 15.1 Å². The van der Waals surface area contributed by atoms with Crippen LogP contribution in [0.3, 0.4) is 0 Å². The molecule has 1 aromatic carbocycles. The summed E-state index contributed by atoms with van der Waals surface area (Å²) in [4.78, 5) is 36.8. The fourth-order valence-corrected chi connectivity index (χ4v) is 3.13. The molecule has 3 aliphatic rings. The number of hydrogen-bond acceptors (Lipinski definition) is 6. The number of nitrogens with zero attached hydrogens (tertiary/aromatic N) is 2. The van der Waals surface area contributed by atoms with Gasteiger partial charge in [0.05, 0.1) is 10.5 Å². The molecule has 8 heteroatoms. The molecule has 106 valence electrons. The van der Waals surface area contributed by atoms with Gasteiger partial charge in [-0.2, -0.15) is 0 Å².